The summed E-state index contributed by atoms with van der Waals surface area (Å²) in [6.07, 6.45) is 4.18. The van der Waals surface area contributed by atoms with Crippen molar-refractivity contribution in [2.24, 2.45) is 0 Å². The van der Waals surface area contributed by atoms with Gasteiger partial charge >= 0.3 is 0 Å². The molecule has 0 saturated carbocycles. The van der Waals surface area contributed by atoms with Crippen LogP contribution in [0.1, 0.15) is 0 Å². The summed E-state index contributed by atoms with van der Waals surface area (Å²) in [7, 11) is 1.57. The van der Waals surface area contributed by atoms with Crippen LogP contribution in [0.25, 0.3) is 0 Å². The predicted octanol–water partition coefficient (Wildman–Crippen LogP) is 0.218. The summed E-state index contributed by atoms with van der Waals surface area (Å²) in [5, 5.41) is 6.07. The highest BCUT2D eigenvalue weighted by Crippen LogP contribution is 1.99. The van der Waals surface area contributed by atoms with E-state index in [9.17, 15) is 0 Å². The quantitative estimate of drug-likeness (QED) is 0.544. The number of nitrogens with one attached hydrogen (secondary N) is 1. The lowest BCUT2D eigenvalue weighted by Crippen LogP contribution is -1.75. The Balaban J connectivity index is 2.76. The van der Waals surface area contributed by atoms with E-state index in [1.807, 2.05) is 0 Å². The summed E-state index contributed by atoms with van der Waals surface area (Å²) in [5.74, 6) is 0.639. The van der Waals surface area contributed by atoms with Crippen LogP contribution in [-0.2, 0) is 0 Å². The molecule has 1 aromatic rings. The van der Waals surface area contributed by atoms with Gasteiger partial charge in [0.15, 0.2) is 11.9 Å². The van der Waals surface area contributed by atoms with E-state index in [1.165, 1.54) is 0 Å². The summed E-state index contributed by atoms with van der Waals surface area (Å²) in [6.45, 7) is 0. The van der Waals surface area contributed by atoms with Crippen LogP contribution in [0, 0.1) is 6.20 Å². The molecule has 7 heavy (non-hydrogen) atoms. The number of nitrogens with zero attached hydrogens (tertiary/aromatic N) is 1. The fraction of sp³-hybridized carbons (Fsp3) is 0.250. The second kappa shape index (κ2) is 1.64. The first-order valence-corrected chi connectivity index (χ1v) is 1.89. The zero-order valence-electron chi connectivity index (χ0n) is 3.93. The fourth-order valence-electron chi connectivity index (χ4n) is 0.315. The summed E-state index contributed by atoms with van der Waals surface area (Å²) in [4.78, 5) is 0. The standard InChI is InChI=1S/C4H5N2O/c1-7-4-2-5-6-3-4/h2H,1H3,(H,5,6). The Morgan fingerprint density at radius 3 is 3.14 bits per heavy atom. The van der Waals surface area contributed by atoms with E-state index in [-0.39, 0.29) is 0 Å². The van der Waals surface area contributed by atoms with Crippen molar-refractivity contribution in [2.75, 3.05) is 7.11 Å². The van der Waals surface area contributed by atoms with Crippen molar-refractivity contribution in [1.82, 2.24) is 10.2 Å². The lowest BCUT2D eigenvalue weighted by atomic mass is 10.7. The maximum absolute atomic E-state index is 4.70. The average Bonchev–Trinajstić information content (AvgIpc) is 2.14. The largest absolute Gasteiger partial charge is 0.493 e. The zero-order valence-corrected chi connectivity index (χ0v) is 3.93. The number of methoxy groups -OCH3 is 1. The number of ether oxygens (including phenoxy) is 1. The monoisotopic (exact) mass is 97.0 g/mol. The molecule has 1 radical (unpaired) electrons. The van der Waals surface area contributed by atoms with Crippen LogP contribution in [0.5, 0.6) is 5.75 Å². The lowest BCUT2D eigenvalue weighted by Gasteiger charge is -1.84. The Kier molecular flexibility index (Phi) is 0.978. The summed E-state index contributed by atoms with van der Waals surface area (Å²) in [6, 6.07) is 0. The third kappa shape index (κ3) is 0.707. The van der Waals surface area contributed by atoms with Gasteiger partial charge in [0.25, 0.3) is 0 Å². The Bertz CT molecular complexity index is 124. The molecule has 1 rings (SSSR count). The van der Waals surface area contributed by atoms with Crippen molar-refractivity contribution in [3.05, 3.63) is 12.4 Å². The maximum atomic E-state index is 4.70. The highest BCUT2D eigenvalue weighted by atomic mass is 16.5. The zero-order chi connectivity index (χ0) is 5.11. The van der Waals surface area contributed by atoms with Gasteiger partial charge in [0, 0.05) is 0 Å². The summed E-state index contributed by atoms with van der Waals surface area (Å²) < 4.78 is 4.70. The molecule has 0 unspecified atom stereocenters. The van der Waals surface area contributed by atoms with Gasteiger partial charge in [0.05, 0.1) is 13.3 Å². The van der Waals surface area contributed by atoms with Crippen LogP contribution in [-0.4, -0.2) is 17.3 Å². The third-order valence-corrected chi connectivity index (χ3v) is 0.646. The molecule has 0 bridgehead atoms. The highest BCUT2D eigenvalue weighted by Gasteiger charge is 1.85. The molecular formula is C4H5N2O. The van der Waals surface area contributed by atoms with E-state index in [4.69, 9.17) is 4.74 Å². The third-order valence-electron chi connectivity index (χ3n) is 0.646. The van der Waals surface area contributed by atoms with Crippen molar-refractivity contribution in [3.63, 3.8) is 0 Å². The van der Waals surface area contributed by atoms with Gasteiger partial charge in [-0.2, -0.15) is 5.10 Å². The van der Waals surface area contributed by atoms with Gasteiger partial charge in [-0.15, -0.1) is 0 Å². The van der Waals surface area contributed by atoms with Crippen LogP contribution in [0.15, 0.2) is 6.20 Å². The van der Waals surface area contributed by atoms with E-state index >= 15 is 0 Å². The van der Waals surface area contributed by atoms with Gasteiger partial charge in [-0.3, -0.25) is 5.10 Å². The minimum atomic E-state index is 0.639. The number of aromatic amines is 1. The fourth-order valence-corrected chi connectivity index (χ4v) is 0.315. The molecule has 0 spiro atoms. The molecule has 1 N–H and O–H groups in total. The van der Waals surface area contributed by atoms with Gasteiger partial charge in [0.2, 0.25) is 0 Å². The van der Waals surface area contributed by atoms with Gasteiger partial charge in [-0.1, -0.05) is 0 Å². The van der Waals surface area contributed by atoms with Crippen molar-refractivity contribution in [3.8, 4) is 5.75 Å². The molecule has 1 aromatic heterocycles. The average molecular weight is 97.1 g/mol. The van der Waals surface area contributed by atoms with Crippen LogP contribution < -0.4 is 4.74 Å². The van der Waals surface area contributed by atoms with Crippen molar-refractivity contribution in [2.45, 2.75) is 0 Å². The van der Waals surface area contributed by atoms with E-state index in [0.29, 0.717) is 5.75 Å². The molecular weight excluding hydrogens is 92.1 g/mol. The van der Waals surface area contributed by atoms with Crippen LogP contribution in [0.4, 0.5) is 0 Å². The first-order valence-electron chi connectivity index (χ1n) is 1.89. The molecule has 0 saturated heterocycles. The number of hydrogen-bond acceptors (Lipinski definition) is 2. The topological polar surface area (TPSA) is 37.9 Å². The Morgan fingerprint density at radius 1 is 2.00 bits per heavy atom. The molecule has 3 nitrogen and oxygen atoms in total. The smallest absolute Gasteiger partial charge is 0.166 e. The Morgan fingerprint density at radius 2 is 2.86 bits per heavy atom. The molecule has 0 fully saturated rings. The number of rotatable bonds is 1. The number of H-pyrrole nitrogens is 1. The minimum absolute atomic E-state index is 0.639. The van der Waals surface area contributed by atoms with Crippen molar-refractivity contribution >= 4 is 0 Å². The number of aromatic nitrogens is 2. The Hall–Kier alpha value is -0.990. The summed E-state index contributed by atoms with van der Waals surface area (Å²) >= 11 is 0. The second-order valence-electron chi connectivity index (χ2n) is 1.07. The highest BCUT2D eigenvalue weighted by molar-refractivity contribution is 5.07. The molecule has 1 heterocycles. The summed E-state index contributed by atoms with van der Waals surface area (Å²) in [5.41, 5.74) is 0. The van der Waals surface area contributed by atoms with Crippen molar-refractivity contribution in [1.29, 1.82) is 0 Å². The molecule has 3 heteroatoms. The van der Waals surface area contributed by atoms with E-state index in [1.54, 1.807) is 13.3 Å². The van der Waals surface area contributed by atoms with Gasteiger partial charge in [-0.25, -0.2) is 0 Å². The normalized spacial score (nSPS) is 8.71. The first-order chi connectivity index (χ1) is 3.43. The van der Waals surface area contributed by atoms with Gasteiger partial charge in [-0.05, 0) is 0 Å². The molecule has 0 aliphatic carbocycles. The van der Waals surface area contributed by atoms with E-state index < -0.39 is 0 Å². The van der Waals surface area contributed by atoms with Crippen LogP contribution in [0.3, 0.4) is 0 Å². The molecule has 0 aromatic carbocycles. The van der Waals surface area contributed by atoms with E-state index in [0.717, 1.165) is 0 Å². The van der Waals surface area contributed by atoms with E-state index in [2.05, 4.69) is 16.4 Å². The molecule has 0 aliphatic heterocycles. The molecule has 0 atom stereocenters. The predicted molar refractivity (Wildman–Crippen MR) is 24.0 cm³/mol. The van der Waals surface area contributed by atoms with Gasteiger partial charge < -0.3 is 4.74 Å². The second-order valence-corrected chi connectivity index (χ2v) is 1.07. The lowest BCUT2D eigenvalue weighted by molar-refractivity contribution is 0.414. The number of hydrogen-bond donors (Lipinski definition) is 1. The van der Waals surface area contributed by atoms with Crippen LogP contribution >= 0.6 is 0 Å². The van der Waals surface area contributed by atoms with Crippen LogP contribution in [0.2, 0.25) is 0 Å². The molecule has 0 aliphatic rings. The van der Waals surface area contributed by atoms with Crippen molar-refractivity contribution < 1.29 is 4.74 Å². The molecule has 0 amide bonds. The first kappa shape index (κ1) is 4.18. The van der Waals surface area contributed by atoms with Gasteiger partial charge in [0.1, 0.15) is 0 Å². The minimum Gasteiger partial charge on any atom is -0.493 e. The maximum Gasteiger partial charge on any atom is 0.166 e. The molecule has 37 valence electrons. The SMILES string of the molecule is COc1[c]n[nH]c1. The Labute approximate surface area is 41.3 Å².